The first kappa shape index (κ1) is 27.1. The van der Waals surface area contributed by atoms with Crippen molar-refractivity contribution < 1.29 is 4.74 Å². The van der Waals surface area contributed by atoms with Gasteiger partial charge in [0.15, 0.2) is 0 Å². The zero-order chi connectivity index (χ0) is 28.3. The molecule has 0 bridgehead atoms. The van der Waals surface area contributed by atoms with Crippen LogP contribution in [-0.4, -0.2) is 9.97 Å². The fourth-order valence-corrected chi connectivity index (χ4v) is 4.54. The number of benzene rings is 3. The molecule has 0 atom stereocenters. The number of rotatable bonds is 6. The van der Waals surface area contributed by atoms with Crippen molar-refractivity contribution in [3.63, 3.8) is 0 Å². The highest BCUT2D eigenvalue weighted by Gasteiger charge is 2.19. The van der Waals surface area contributed by atoms with Crippen LogP contribution in [0.1, 0.15) is 52.7 Å². The fraction of sp³-hybridized carbons (Fsp3) is 0.222. The van der Waals surface area contributed by atoms with Crippen molar-refractivity contribution in [3.8, 4) is 22.9 Å². The van der Waals surface area contributed by atoms with Gasteiger partial charge in [0.25, 0.3) is 0 Å². The summed E-state index contributed by atoms with van der Waals surface area (Å²) in [7, 11) is 0. The number of anilines is 3. The SMILES string of the molecule is CC(C)(C)c1ccc(-c2cccc(N(c3ccc(C(C)(C)C)cc3)c3cccc(Oc4ccccc4)n3)n2)cc1. The second-order valence-corrected chi connectivity index (χ2v) is 12.1. The Labute approximate surface area is 238 Å². The molecule has 0 radical (unpaired) electrons. The molecule has 0 N–H and O–H groups in total. The average Bonchev–Trinajstić information content (AvgIpc) is 2.94. The van der Waals surface area contributed by atoms with E-state index in [0.29, 0.717) is 5.88 Å². The molecule has 40 heavy (non-hydrogen) atoms. The first-order valence-corrected chi connectivity index (χ1v) is 13.8. The Morgan fingerprint density at radius 1 is 0.525 bits per heavy atom. The molecule has 202 valence electrons. The number of para-hydroxylation sites is 1. The number of hydrogen-bond acceptors (Lipinski definition) is 4. The van der Waals surface area contributed by atoms with Crippen LogP contribution in [0.5, 0.6) is 11.6 Å². The van der Waals surface area contributed by atoms with Crippen molar-refractivity contribution in [3.05, 3.63) is 126 Å². The van der Waals surface area contributed by atoms with E-state index in [1.165, 1.54) is 11.1 Å². The zero-order valence-electron chi connectivity index (χ0n) is 24.2. The Bertz CT molecular complexity index is 1560. The Hall–Kier alpha value is -4.44. The van der Waals surface area contributed by atoms with Crippen LogP contribution in [0, 0.1) is 0 Å². The molecule has 0 saturated carbocycles. The summed E-state index contributed by atoms with van der Waals surface area (Å²) in [4.78, 5) is 12.1. The normalized spacial score (nSPS) is 11.8. The summed E-state index contributed by atoms with van der Waals surface area (Å²) in [5.74, 6) is 2.77. The smallest absolute Gasteiger partial charge is 0.221 e. The Kier molecular flexibility index (Phi) is 7.44. The molecular weight excluding hydrogens is 490 g/mol. The molecule has 0 spiro atoms. The van der Waals surface area contributed by atoms with Gasteiger partial charge in [0.2, 0.25) is 5.88 Å². The second-order valence-electron chi connectivity index (χ2n) is 12.1. The minimum absolute atomic E-state index is 0.0580. The zero-order valence-corrected chi connectivity index (χ0v) is 24.2. The van der Waals surface area contributed by atoms with E-state index in [4.69, 9.17) is 14.7 Å². The monoisotopic (exact) mass is 527 g/mol. The second kappa shape index (κ2) is 11.0. The molecule has 5 rings (SSSR count). The summed E-state index contributed by atoms with van der Waals surface area (Å²) in [6, 6.07) is 39.0. The van der Waals surface area contributed by atoms with Crippen molar-refractivity contribution in [2.45, 2.75) is 52.4 Å². The van der Waals surface area contributed by atoms with Crippen molar-refractivity contribution in [1.29, 1.82) is 0 Å². The van der Waals surface area contributed by atoms with Crippen LogP contribution in [0.15, 0.2) is 115 Å². The van der Waals surface area contributed by atoms with Gasteiger partial charge >= 0.3 is 0 Å². The van der Waals surface area contributed by atoms with Crippen LogP contribution in [0.4, 0.5) is 17.3 Å². The Balaban J connectivity index is 1.57. The third-order valence-electron chi connectivity index (χ3n) is 6.91. The van der Waals surface area contributed by atoms with Crippen LogP contribution in [-0.2, 0) is 10.8 Å². The van der Waals surface area contributed by atoms with E-state index in [0.717, 1.165) is 34.3 Å². The highest BCUT2D eigenvalue weighted by atomic mass is 16.5. The van der Waals surface area contributed by atoms with E-state index in [9.17, 15) is 0 Å². The molecule has 2 heterocycles. The number of aromatic nitrogens is 2. The Morgan fingerprint density at radius 3 is 1.68 bits per heavy atom. The lowest BCUT2D eigenvalue weighted by atomic mass is 9.86. The largest absolute Gasteiger partial charge is 0.439 e. The van der Waals surface area contributed by atoms with Gasteiger partial charge in [-0.3, -0.25) is 4.90 Å². The van der Waals surface area contributed by atoms with E-state index in [2.05, 4.69) is 107 Å². The van der Waals surface area contributed by atoms with E-state index < -0.39 is 0 Å². The topological polar surface area (TPSA) is 38.2 Å². The van der Waals surface area contributed by atoms with Crippen molar-refractivity contribution in [2.75, 3.05) is 4.90 Å². The lowest BCUT2D eigenvalue weighted by molar-refractivity contribution is 0.463. The quantitative estimate of drug-likeness (QED) is 0.220. The van der Waals surface area contributed by atoms with Crippen LogP contribution in [0.3, 0.4) is 0 Å². The van der Waals surface area contributed by atoms with Crippen LogP contribution >= 0.6 is 0 Å². The van der Waals surface area contributed by atoms with Gasteiger partial charge in [-0.15, -0.1) is 0 Å². The molecule has 4 heteroatoms. The summed E-state index contributed by atoms with van der Waals surface area (Å²) in [6.45, 7) is 13.4. The van der Waals surface area contributed by atoms with E-state index in [1.807, 2.05) is 54.6 Å². The van der Waals surface area contributed by atoms with Gasteiger partial charge in [-0.25, -0.2) is 4.98 Å². The number of pyridine rings is 2. The summed E-state index contributed by atoms with van der Waals surface area (Å²) in [5, 5.41) is 0. The maximum atomic E-state index is 6.08. The Morgan fingerprint density at radius 2 is 1.07 bits per heavy atom. The highest BCUT2D eigenvalue weighted by molar-refractivity contribution is 5.74. The predicted molar refractivity (Wildman–Crippen MR) is 166 cm³/mol. The number of nitrogens with zero attached hydrogens (tertiary/aromatic N) is 3. The molecule has 0 amide bonds. The van der Waals surface area contributed by atoms with Gasteiger partial charge in [-0.2, -0.15) is 4.98 Å². The van der Waals surface area contributed by atoms with Gasteiger partial charge in [-0.1, -0.05) is 108 Å². The maximum absolute atomic E-state index is 6.08. The molecular formula is C36H37N3O. The van der Waals surface area contributed by atoms with Crippen LogP contribution < -0.4 is 9.64 Å². The van der Waals surface area contributed by atoms with Crippen molar-refractivity contribution in [2.24, 2.45) is 0 Å². The van der Waals surface area contributed by atoms with Crippen molar-refractivity contribution >= 4 is 17.3 Å². The molecule has 4 nitrogen and oxygen atoms in total. The molecule has 0 unspecified atom stereocenters. The van der Waals surface area contributed by atoms with E-state index in [1.54, 1.807) is 0 Å². The summed E-state index contributed by atoms with van der Waals surface area (Å²) in [5.41, 5.74) is 5.69. The highest BCUT2D eigenvalue weighted by Crippen LogP contribution is 2.36. The molecule has 0 aliphatic heterocycles. The lowest BCUT2D eigenvalue weighted by Gasteiger charge is -2.25. The maximum Gasteiger partial charge on any atom is 0.221 e. The summed E-state index contributed by atoms with van der Waals surface area (Å²) in [6.07, 6.45) is 0. The molecule has 0 aliphatic carbocycles. The molecule has 2 aromatic heterocycles. The minimum Gasteiger partial charge on any atom is -0.439 e. The standard InChI is InChI=1S/C36H37N3O/c1-35(2,3)27-20-18-26(19-21-27)31-14-10-15-32(37-31)39(29-24-22-28(23-25-29)36(4,5)6)33-16-11-17-34(38-33)40-30-12-8-7-9-13-30/h7-25H,1-6H3. The molecule has 0 aliphatic rings. The van der Waals surface area contributed by atoms with Gasteiger partial charge in [0.1, 0.15) is 17.4 Å². The van der Waals surface area contributed by atoms with Crippen LogP contribution in [0.2, 0.25) is 0 Å². The van der Waals surface area contributed by atoms with Gasteiger partial charge in [0.05, 0.1) is 5.69 Å². The lowest BCUT2D eigenvalue weighted by Crippen LogP contribution is -2.15. The van der Waals surface area contributed by atoms with Gasteiger partial charge in [0, 0.05) is 17.3 Å². The van der Waals surface area contributed by atoms with E-state index >= 15 is 0 Å². The summed E-state index contributed by atoms with van der Waals surface area (Å²) < 4.78 is 6.08. The third-order valence-corrected chi connectivity index (χ3v) is 6.91. The molecule has 0 fully saturated rings. The van der Waals surface area contributed by atoms with Crippen molar-refractivity contribution in [1.82, 2.24) is 9.97 Å². The van der Waals surface area contributed by atoms with Gasteiger partial charge in [-0.05, 0) is 64.4 Å². The van der Waals surface area contributed by atoms with Crippen LogP contribution in [0.25, 0.3) is 11.3 Å². The first-order valence-electron chi connectivity index (χ1n) is 13.8. The minimum atomic E-state index is 0.0580. The number of ether oxygens (including phenoxy) is 1. The predicted octanol–water partition coefficient (Wildman–Crippen LogP) is 10.0. The molecule has 3 aromatic carbocycles. The number of hydrogen-bond donors (Lipinski definition) is 0. The van der Waals surface area contributed by atoms with Gasteiger partial charge < -0.3 is 4.74 Å². The first-order chi connectivity index (χ1) is 19.1. The third kappa shape index (κ3) is 6.23. The summed E-state index contributed by atoms with van der Waals surface area (Å²) >= 11 is 0. The average molecular weight is 528 g/mol. The fourth-order valence-electron chi connectivity index (χ4n) is 4.54. The molecule has 5 aromatic rings. The van der Waals surface area contributed by atoms with E-state index in [-0.39, 0.29) is 10.8 Å². The molecule has 0 saturated heterocycles.